The van der Waals surface area contributed by atoms with E-state index in [0.29, 0.717) is 29.9 Å². The zero-order valence-corrected chi connectivity index (χ0v) is 13.2. The van der Waals surface area contributed by atoms with Gasteiger partial charge in [-0.15, -0.1) is 0 Å². The highest BCUT2D eigenvalue weighted by Gasteiger charge is 2.01. The van der Waals surface area contributed by atoms with Gasteiger partial charge in [0.05, 0.1) is 6.61 Å². The van der Waals surface area contributed by atoms with Crippen molar-refractivity contribution in [2.75, 3.05) is 12.3 Å². The average molecular weight is 325 g/mol. The van der Waals surface area contributed by atoms with Crippen molar-refractivity contribution in [1.29, 1.82) is 0 Å². The molecule has 2 rings (SSSR count). The van der Waals surface area contributed by atoms with Crippen LogP contribution in [0.3, 0.4) is 0 Å². The lowest BCUT2D eigenvalue weighted by molar-refractivity contribution is 0.140. The Balaban J connectivity index is 1.70. The summed E-state index contributed by atoms with van der Waals surface area (Å²) in [5, 5.41) is 11.7. The van der Waals surface area contributed by atoms with Gasteiger partial charge in [0.15, 0.2) is 0 Å². The number of hydrogen-bond acceptors (Lipinski definition) is 5. The number of nitrogens with one attached hydrogen (secondary N) is 1. The molecule has 2 aromatic rings. The van der Waals surface area contributed by atoms with E-state index >= 15 is 0 Å². The smallest absolute Gasteiger partial charge is 0.407 e. The van der Waals surface area contributed by atoms with Gasteiger partial charge >= 0.3 is 6.09 Å². The molecule has 1 aromatic heterocycles. The Morgan fingerprint density at radius 1 is 1.33 bits per heavy atom. The summed E-state index contributed by atoms with van der Waals surface area (Å²) in [7, 11) is 0. The van der Waals surface area contributed by atoms with Crippen LogP contribution in [-0.2, 0) is 18.0 Å². The summed E-state index contributed by atoms with van der Waals surface area (Å²) in [6.45, 7) is 0.443. The lowest BCUT2D eigenvalue weighted by Gasteiger charge is -2.05. The van der Waals surface area contributed by atoms with Crippen LogP contribution in [0.15, 0.2) is 42.6 Å². The Labute approximate surface area is 140 Å². The third-order valence-electron chi connectivity index (χ3n) is 3.14. The van der Waals surface area contributed by atoms with Gasteiger partial charge in [-0.2, -0.15) is 0 Å². The number of hydrogen-bond donors (Lipinski definition) is 3. The molecule has 0 unspecified atom stereocenters. The molecule has 1 heterocycles. The third-order valence-corrected chi connectivity index (χ3v) is 3.14. The number of rotatable bonds is 5. The number of alkyl carbamates (subject to hydrolysis) is 1. The van der Waals surface area contributed by atoms with Gasteiger partial charge in [0.1, 0.15) is 12.4 Å². The molecule has 0 saturated heterocycles. The number of carbonyl (C=O) groups excluding carboxylic acids is 1. The van der Waals surface area contributed by atoms with Crippen LogP contribution in [0, 0.1) is 11.8 Å². The fraction of sp³-hybridized carbons (Fsp3) is 0.222. The fourth-order valence-corrected chi connectivity index (χ4v) is 1.88. The molecule has 124 valence electrons. The van der Waals surface area contributed by atoms with Crippen molar-refractivity contribution >= 4 is 11.9 Å². The van der Waals surface area contributed by atoms with Gasteiger partial charge in [-0.3, -0.25) is 0 Å². The summed E-state index contributed by atoms with van der Waals surface area (Å²) in [5.41, 5.74) is 7.75. The van der Waals surface area contributed by atoms with Gasteiger partial charge in [0, 0.05) is 30.3 Å². The number of nitrogens with zero attached hydrogens (tertiary/aromatic N) is 1. The second-order valence-corrected chi connectivity index (χ2v) is 4.97. The van der Waals surface area contributed by atoms with E-state index in [-0.39, 0.29) is 13.2 Å². The number of aliphatic hydroxyl groups excluding tert-OH is 1. The van der Waals surface area contributed by atoms with Crippen molar-refractivity contribution < 1.29 is 14.6 Å². The highest BCUT2D eigenvalue weighted by molar-refractivity contribution is 5.67. The molecule has 0 fully saturated rings. The molecule has 0 saturated carbocycles. The van der Waals surface area contributed by atoms with Crippen molar-refractivity contribution in [3.63, 3.8) is 0 Å². The Bertz CT molecular complexity index is 736. The van der Waals surface area contributed by atoms with E-state index in [9.17, 15) is 4.79 Å². The summed E-state index contributed by atoms with van der Waals surface area (Å²) in [4.78, 5) is 15.5. The number of pyridine rings is 1. The lowest BCUT2D eigenvalue weighted by Crippen LogP contribution is -2.24. The first-order valence-electron chi connectivity index (χ1n) is 7.47. The van der Waals surface area contributed by atoms with Gasteiger partial charge in [-0.25, -0.2) is 9.78 Å². The summed E-state index contributed by atoms with van der Waals surface area (Å²) in [6, 6.07) is 11.2. The molecule has 1 aromatic carbocycles. The molecule has 0 spiro atoms. The zero-order valence-electron chi connectivity index (χ0n) is 13.2. The van der Waals surface area contributed by atoms with Crippen LogP contribution in [-0.4, -0.2) is 22.7 Å². The normalized spacial score (nSPS) is 9.71. The molecule has 6 heteroatoms. The SMILES string of the molecule is Nc1ncc(C#CCCNC(=O)OCc2ccccc2)cc1CO. The minimum absolute atomic E-state index is 0.177. The van der Waals surface area contributed by atoms with Crippen LogP contribution in [0.5, 0.6) is 0 Å². The van der Waals surface area contributed by atoms with Gasteiger partial charge in [-0.1, -0.05) is 42.2 Å². The predicted octanol–water partition coefficient (Wildman–Crippen LogP) is 1.82. The minimum Gasteiger partial charge on any atom is -0.445 e. The second kappa shape index (κ2) is 9.18. The summed E-state index contributed by atoms with van der Waals surface area (Å²) in [5.74, 6) is 6.12. The zero-order chi connectivity index (χ0) is 17.2. The summed E-state index contributed by atoms with van der Waals surface area (Å²) in [6.07, 6.45) is 1.54. The lowest BCUT2D eigenvalue weighted by atomic mass is 10.2. The van der Waals surface area contributed by atoms with E-state index in [0.717, 1.165) is 5.56 Å². The Kier molecular flexibility index (Phi) is 6.62. The first kappa shape index (κ1) is 17.3. The molecular formula is C18H19N3O3. The van der Waals surface area contributed by atoms with E-state index in [4.69, 9.17) is 15.6 Å². The molecular weight excluding hydrogens is 306 g/mol. The van der Waals surface area contributed by atoms with Gasteiger partial charge in [0.2, 0.25) is 0 Å². The number of amides is 1. The van der Waals surface area contributed by atoms with E-state index in [1.165, 1.54) is 0 Å². The van der Waals surface area contributed by atoms with Crippen molar-refractivity contribution in [1.82, 2.24) is 10.3 Å². The van der Waals surface area contributed by atoms with E-state index in [2.05, 4.69) is 22.1 Å². The summed E-state index contributed by atoms with van der Waals surface area (Å²) < 4.78 is 5.09. The molecule has 0 aliphatic rings. The summed E-state index contributed by atoms with van der Waals surface area (Å²) >= 11 is 0. The number of aliphatic hydroxyl groups is 1. The van der Waals surface area contributed by atoms with Crippen LogP contribution in [0.2, 0.25) is 0 Å². The number of carbonyl (C=O) groups is 1. The van der Waals surface area contributed by atoms with Crippen LogP contribution < -0.4 is 11.1 Å². The largest absolute Gasteiger partial charge is 0.445 e. The maximum atomic E-state index is 11.5. The standard InChI is InChI=1S/C18H19N3O3/c19-17-16(12-22)10-15(11-21-17)8-4-5-9-20-18(23)24-13-14-6-2-1-3-7-14/h1-3,6-7,10-11,22H,5,9,12-13H2,(H2,19,21)(H,20,23). The highest BCUT2D eigenvalue weighted by Crippen LogP contribution is 2.09. The molecule has 4 N–H and O–H groups in total. The first-order chi connectivity index (χ1) is 11.7. The Morgan fingerprint density at radius 2 is 2.12 bits per heavy atom. The number of ether oxygens (including phenoxy) is 1. The third kappa shape index (κ3) is 5.63. The number of nitrogen functional groups attached to an aromatic ring is 1. The average Bonchev–Trinajstić information content (AvgIpc) is 2.62. The number of nitrogens with two attached hydrogens (primary N) is 1. The number of benzene rings is 1. The van der Waals surface area contributed by atoms with Crippen molar-refractivity contribution in [3.8, 4) is 11.8 Å². The van der Waals surface area contributed by atoms with Crippen LogP contribution in [0.25, 0.3) is 0 Å². The molecule has 0 radical (unpaired) electrons. The fourth-order valence-electron chi connectivity index (χ4n) is 1.88. The maximum Gasteiger partial charge on any atom is 0.407 e. The molecule has 0 atom stereocenters. The second-order valence-electron chi connectivity index (χ2n) is 4.97. The van der Waals surface area contributed by atoms with Crippen LogP contribution >= 0.6 is 0 Å². The molecule has 0 bridgehead atoms. The Hall–Kier alpha value is -3.04. The van der Waals surface area contributed by atoms with Crippen LogP contribution in [0.1, 0.15) is 23.1 Å². The highest BCUT2D eigenvalue weighted by atomic mass is 16.5. The molecule has 1 amide bonds. The molecule has 0 aliphatic carbocycles. The molecule has 24 heavy (non-hydrogen) atoms. The van der Waals surface area contributed by atoms with Gasteiger partial charge in [-0.05, 0) is 11.6 Å². The quantitative estimate of drug-likeness (QED) is 0.575. The predicted molar refractivity (Wildman–Crippen MR) is 90.7 cm³/mol. The molecule has 0 aliphatic heterocycles. The van der Waals surface area contributed by atoms with Crippen LogP contribution in [0.4, 0.5) is 10.6 Å². The van der Waals surface area contributed by atoms with Crippen molar-refractivity contribution in [2.45, 2.75) is 19.6 Å². The topological polar surface area (TPSA) is 97.5 Å². The van der Waals surface area contributed by atoms with Gasteiger partial charge in [0.25, 0.3) is 0 Å². The maximum absolute atomic E-state index is 11.5. The number of aromatic nitrogens is 1. The van der Waals surface area contributed by atoms with Crippen molar-refractivity contribution in [2.24, 2.45) is 0 Å². The van der Waals surface area contributed by atoms with E-state index < -0.39 is 6.09 Å². The minimum atomic E-state index is -0.475. The Morgan fingerprint density at radius 3 is 2.88 bits per heavy atom. The van der Waals surface area contributed by atoms with E-state index in [1.807, 2.05) is 30.3 Å². The first-order valence-corrected chi connectivity index (χ1v) is 7.47. The monoisotopic (exact) mass is 325 g/mol. The van der Waals surface area contributed by atoms with E-state index in [1.54, 1.807) is 12.3 Å². The van der Waals surface area contributed by atoms with Crippen molar-refractivity contribution in [3.05, 3.63) is 59.3 Å². The number of anilines is 1. The molecule has 6 nitrogen and oxygen atoms in total. The van der Waals surface area contributed by atoms with Gasteiger partial charge < -0.3 is 20.9 Å².